The first-order valence-corrected chi connectivity index (χ1v) is 4.76. The maximum atomic E-state index is 11.1. The molecule has 0 spiro atoms. The zero-order valence-corrected chi connectivity index (χ0v) is 8.96. The van der Waals surface area contributed by atoms with Gasteiger partial charge in [0.05, 0.1) is 6.04 Å². The summed E-state index contributed by atoms with van der Waals surface area (Å²) >= 11 is 0. The first-order valence-electron chi connectivity index (χ1n) is 4.76. The third-order valence-corrected chi connectivity index (χ3v) is 1.51. The molecule has 82 valence electrons. The predicted octanol–water partition coefficient (Wildman–Crippen LogP) is -0.635. The number of nitrogens with one attached hydrogen (secondary N) is 2. The Kier molecular flexibility index (Phi) is 5.87. The van der Waals surface area contributed by atoms with Gasteiger partial charge < -0.3 is 16.4 Å². The van der Waals surface area contributed by atoms with Crippen molar-refractivity contribution < 1.29 is 9.59 Å². The Morgan fingerprint density at radius 3 is 2.29 bits per heavy atom. The first-order chi connectivity index (χ1) is 6.43. The van der Waals surface area contributed by atoms with Gasteiger partial charge in [0, 0.05) is 19.0 Å². The number of carbonyl (C=O) groups is 2. The Morgan fingerprint density at radius 2 is 1.86 bits per heavy atom. The van der Waals surface area contributed by atoms with Gasteiger partial charge in [-0.1, -0.05) is 0 Å². The van der Waals surface area contributed by atoms with Crippen molar-refractivity contribution in [3.05, 3.63) is 0 Å². The third-order valence-electron chi connectivity index (χ3n) is 1.51. The minimum absolute atomic E-state index is 0.0648. The normalized spacial score (nSPS) is 12.4. The lowest BCUT2D eigenvalue weighted by Gasteiger charge is -2.09. The molecule has 14 heavy (non-hydrogen) atoms. The van der Waals surface area contributed by atoms with Crippen molar-refractivity contribution in [3.8, 4) is 0 Å². The van der Waals surface area contributed by atoms with E-state index in [1.165, 1.54) is 0 Å². The zero-order valence-electron chi connectivity index (χ0n) is 8.96. The van der Waals surface area contributed by atoms with Gasteiger partial charge in [0.2, 0.25) is 11.8 Å². The summed E-state index contributed by atoms with van der Waals surface area (Å²) in [5, 5.41) is 5.29. The third kappa shape index (κ3) is 6.42. The lowest BCUT2D eigenvalue weighted by molar-refractivity contribution is -0.123. The second kappa shape index (κ2) is 6.37. The summed E-state index contributed by atoms with van der Waals surface area (Å²) in [6, 6.07) is -0.394. The van der Waals surface area contributed by atoms with E-state index < -0.39 is 6.04 Å². The highest BCUT2D eigenvalue weighted by molar-refractivity contribution is 5.82. The molecule has 0 aliphatic carbocycles. The maximum absolute atomic E-state index is 11.1. The number of carbonyl (C=O) groups excluding carboxylic acids is 2. The van der Waals surface area contributed by atoms with Crippen LogP contribution < -0.4 is 16.4 Å². The minimum Gasteiger partial charge on any atom is -0.354 e. The van der Waals surface area contributed by atoms with E-state index in [0.29, 0.717) is 6.54 Å². The lowest BCUT2D eigenvalue weighted by atomic mass is 10.3. The quantitative estimate of drug-likeness (QED) is 0.553. The van der Waals surface area contributed by atoms with Crippen LogP contribution in [0, 0.1) is 0 Å². The maximum Gasteiger partial charge on any atom is 0.236 e. The van der Waals surface area contributed by atoms with E-state index in [4.69, 9.17) is 5.73 Å². The number of amides is 2. The van der Waals surface area contributed by atoms with Gasteiger partial charge >= 0.3 is 0 Å². The Hall–Kier alpha value is -1.10. The summed E-state index contributed by atoms with van der Waals surface area (Å²) in [4.78, 5) is 22.1. The molecule has 0 saturated carbocycles. The van der Waals surface area contributed by atoms with E-state index >= 15 is 0 Å². The smallest absolute Gasteiger partial charge is 0.236 e. The molecule has 0 fully saturated rings. The Labute approximate surface area is 84.4 Å². The van der Waals surface area contributed by atoms with Gasteiger partial charge in [-0.2, -0.15) is 0 Å². The molecule has 0 radical (unpaired) electrons. The summed E-state index contributed by atoms with van der Waals surface area (Å²) in [6.45, 7) is 5.71. The van der Waals surface area contributed by atoms with Crippen LogP contribution in [0.5, 0.6) is 0 Å². The van der Waals surface area contributed by atoms with Gasteiger partial charge in [0.15, 0.2) is 0 Å². The first kappa shape index (κ1) is 12.9. The van der Waals surface area contributed by atoms with Crippen LogP contribution in [-0.4, -0.2) is 30.4 Å². The van der Waals surface area contributed by atoms with Gasteiger partial charge in [-0.25, -0.2) is 0 Å². The van der Waals surface area contributed by atoms with Crippen molar-refractivity contribution in [2.24, 2.45) is 5.73 Å². The summed E-state index contributed by atoms with van der Waals surface area (Å²) in [6.07, 6.45) is 0.288. The molecular formula is C9H19N3O2. The summed E-state index contributed by atoms with van der Waals surface area (Å²) in [5.41, 5.74) is 5.32. The van der Waals surface area contributed by atoms with Crippen molar-refractivity contribution in [3.63, 3.8) is 0 Å². The highest BCUT2D eigenvalue weighted by atomic mass is 16.2. The predicted molar refractivity (Wildman–Crippen MR) is 54.6 cm³/mol. The summed E-state index contributed by atoms with van der Waals surface area (Å²) in [5.74, 6) is -0.299. The Morgan fingerprint density at radius 1 is 1.29 bits per heavy atom. The van der Waals surface area contributed by atoms with E-state index in [2.05, 4.69) is 10.6 Å². The van der Waals surface area contributed by atoms with E-state index in [-0.39, 0.29) is 24.3 Å². The van der Waals surface area contributed by atoms with Gasteiger partial charge in [0.1, 0.15) is 0 Å². The van der Waals surface area contributed by atoms with Crippen molar-refractivity contribution in [1.29, 1.82) is 0 Å². The molecule has 2 amide bonds. The minimum atomic E-state index is -0.525. The van der Waals surface area contributed by atoms with E-state index in [0.717, 1.165) is 0 Å². The molecule has 0 saturated heterocycles. The SMILES string of the molecule is CC(C)NC(=O)CCNC(=O)C(C)N. The molecule has 0 bridgehead atoms. The lowest BCUT2D eigenvalue weighted by Crippen LogP contribution is -2.40. The zero-order chi connectivity index (χ0) is 11.1. The summed E-state index contributed by atoms with van der Waals surface area (Å²) in [7, 11) is 0. The molecule has 1 atom stereocenters. The van der Waals surface area contributed by atoms with Gasteiger partial charge in [0.25, 0.3) is 0 Å². The Bertz CT molecular complexity index is 202. The number of hydrogen-bond donors (Lipinski definition) is 3. The molecule has 0 aliphatic heterocycles. The van der Waals surface area contributed by atoms with Crippen molar-refractivity contribution in [2.45, 2.75) is 39.3 Å². The molecular weight excluding hydrogens is 182 g/mol. The van der Waals surface area contributed by atoms with Crippen LogP contribution in [0.25, 0.3) is 0 Å². The Balaban J connectivity index is 3.54. The molecule has 5 heteroatoms. The molecule has 1 unspecified atom stereocenters. The number of nitrogens with two attached hydrogens (primary N) is 1. The van der Waals surface area contributed by atoms with E-state index in [1.54, 1.807) is 6.92 Å². The molecule has 4 N–H and O–H groups in total. The average Bonchev–Trinajstić information content (AvgIpc) is 2.02. The topological polar surface area (TPSA) is 84.2 Å². The summed E-state index contributed by atoms with van der Waals surface area (Å²) < 4.78 is 0. The molecule has 0 aromatic carbocycles. The van der Waals surface area contributed by atoms with Gasteiger partial charge in [-0.05, 0) is 20.8 Å². The highest BCUT2D eigenvalue weighted by Crippen LogP contribution is 1.83. The van der Waals surface area contributed by atoms with Crippen LogP contribution in [0.1, 0.15) is 27.2 Å². The fourth-order valence-corrected chi connectivity index (χ4v) is 0.854. The van der Waals surface area contributed by atoms with E-state index in [9.17, 15) is 9.59 Å². The van der Waals surface area contributed by atoms with Gasteiger partial charge in [-0.15, -0.1) is 0 Å². The second-order valence-electron chi connectivity index (χ2n) is 3.55. The van der Waals surface area contributed by atoms with Crippen molar-refractivity contribution in [2.75, 3.05) is 6.54 Å². The van der Waals surface area contributed by atoms with Crippen LogP contribution in [0.2, 0.25) is 0 Å². The molecule has 0 rings (SSSR count). The fraction of sp³-hybridized carbons (Fsp3) is 0.778. The fourth-order valence-electron chi connectivity index (χ4n) is 0.854. The van der Waals surface area contributed by atoms with Crippen LogP contribution in [0.4, 0.5) is 0 Å². The highest BCUT2D eigenvalue weighted by Gasteiger charge is 2.07. The van der Waals surface area contributed by atoms with Crippen LogP contribution in [0.15, 0.2) is 0 Å². The molecule has 0 aromatic rings. The molecule has 0 aliphatic rings. The molecule has 0 heterocycles. The van der Waals surface area contributed by atoms with Crippen LogP contribution in [-0.2, 0) is 9.59 Å². The monoisotopic (exact) mass is 201 g/mol. The molecule has 5 nitrogen and oxygen atoms in total. The largest absolute Gasteiger partial charge is 0.354 e. The van der Waals surface area contributed by atoms with Gasteiger partial charge in [-0.3, -0.25) is 9.59 Å². The number of rotatable bonds is 5. The van der Waals surface area contributed by atoms with Crippen LogP contribution in [0.3, 0.4) is 0 Å². The van der Waals surface area contributed by atoms with Crippen molar-refractivity contribution >= 4 is 11.8 Å². The molecule has 0 aromatic heterocycles. The standard InChI is InChI=1S/C9H19N3O2/c1-6(2)12-8(13)4-5-11-9(14)7(3)10/h6-7H,4-5,10H2,1-3H3,(H,11,14)(H,12,13). The second-order valence-corrected chi connectivity index (χ2v) is 3.55. The average molecular weight is 201 g/mol. The van der Waals surface area contributed by atoms with Crippen molar-refractivity contribution in [1.82, 2.24) is 10.6 Å². The van der Waals surface area contributed by atoms with E-state index in [1.807, 2.05) is 13.8 Å². The van der Waals surface area contributed by atoms with Crippen LogP contribution >= 0.6 is 0 Å². The number of hydrogen-bond acceptors (Lipinski definition) is 3.